The molecule has 0 aromatic rings. The Kier molecular flexibility index (Phi) is 55.2. The summed E-state index contributed by atoms with van der Waals surface area (Å²) in [6.07, 6.45) is 0.789. The van der Waals surface area contributed by atoms with Gasteiger partial charge in [-0.15, -0.1) is 0 Å². The SMILES string of the molecule is CCOC(N)=O.N#CO.N#CO.S. The number of nitrogens with two attached hydrogens (primary N) is 1. The number of primary amides is 1. The van der Waals surface area contributed by atoms with Gasteiger partial charge in [-0.05, 0) is 6.92 Å². The van der Waals surface area contributed by atoms with E-state index in [4.69, 9.17) is 20.7 Å². The maximum Gasteiger partial charge on any atom is 0.404 e. The molecule has 0 rings (SSSR count). The second kappa shape index (κ2) is 31.9. The fourth-order valence-corrected chi connectivity index (χ4v) is 0.142. The molecule has 0 bridgehead atoms. The van der Waals surface area contributed by atoms with Gasteiger partial charge in [0.1, 0.15) is 0 Å². The molecule has 1 amide bonds. The van der Waals surface area contributed by atoms with Crippen molar-refractivity contribution >= 4 is 19.6 Å². The second-order valence-electron chi connectivity index (χ2n) is 0.952. The zero-order valence-corrected chi connectivity index (χ0v) is 7.89. The molecule has 0 aromatic carbocycles. The van der Waals surface area contributed by atoms with Crippen molar-refractivity contribution in [1.29, 1.82) is 10.5 Å². The molecule has 76 valence electrons. The van der Waals surface area contributed by atoms with Gasteiger partial charge in [0.2, 0.25) is 0 Å². The summed E-state index contributed by atoms with van der Waals surface area (Å²) >= 11 is 0. The molecule has 0 aromatic heterocycles. The lowest BCUT2D eigenvalue weighted by molar-refractivity contribution is 0.163. The maximum atomic E-state index is 9.60. The van der Waals surface area contributed by atoms with Gasteiger partial charge >= 0.3 is 6.09 Å². The lowest BCUT2D eigenvalue weighted by Gasteiger charge is -1.89. The Balaban J connectivity index is -0.0000000501. The number of amides is 1. The van der Waals surface area contributed by atoms with Gasteiger partial charge in [-0.1, -0.05) is 0 Å². The molecule has 0 spiro atoms. The number of rotatable bonds is 1. The van der Waals surface area contributed by atoms with Crippen LogP contribution in [0.2, 0.25) is 0 Å². The lowest BCUT2D eigenvalue weighted by Crippen LogP contribution is -2.11. The predicted molar refractivity (Wildman–Crippen MR) is 46.7 cm³/mol. The zero-order chi connectivity index (χ0) is 10.4. The van der Waals surface area contributed by atoms with Crippen molar-refractivity contribution in [2.45, 2.75) is 6.92 Å². The van der Waals surface area contributed by atoms with Crippen LogP contribution in [0.4, 0.5) is 4.79 Å². The number of aliphatic hydroxyl groups excluding tert-OH is 2. The fraction of sp³-hybridized carbons (Fsp3) is 0.400. The van der Waals surface area contributed by atoms with Gasteiger partial charge in [0.15, 0.2) is 0 Å². The van der Waals surface area contributed by atoms with Gasteiger partial charge in [0.25, 0.3) is 12.5 Å². The molecule has 0 aliphatic carbocycles. The van der Waals surface area contributed by atoms with E-state index in [-0.39, 0.29) is 13.5 Å². The van der Waals surface area contributed by atoms with Crippen molar-refractivity contribution in [2.75, 3.05) is 6.61 Å². The van der Waals surface area contributed by atoms with Crippen molar-refractivity contribution in [3.63, 3.8) is 0 Å². The Morgan fingerprint density at radius 3 is 1.69 bits per heavy atom. The zero-order valence-electron chi connectivity index (χ0n) is 6.89. The fourth-order valence-electron chi connectivity index (χ4n) is 0.142. The first-order valence-electron chi connectivity index (χ1n) is 2.59. The highest BCUT2D eigenvalue weighted by atomic mass is 32.1. The molecule has 4 N–H and O–H groups in total. The minimum Gasteiger partial charge on any atom is -0.450 e. The summed E-state index contributed by atoms with van der Waals surface area (Å²) < 4.78 is 4.18. The quantitative estimate of drug-likeness (QED) is 0.515. The first kappa shape index (κ1) is 22.5. The standard InChI is InChI=1S/C3H7NO2.2CHNO.H2S/c1-2-6-3(4)5;2*2-1-3;/h2H2,1H3,(H2,4,5);2*3H;1H2. The van der Waals surface area contributed by atoms with Gasteiger partial charge in [0, 0.05) is 0 Å². The Morgan fingerprint density at radius 1 is 1.46 bits per heavy atom. The van der Waals surface area contributed by atoms with Crippen LogP contribution in [0.5, 0.6) is 0 Å². The van der Waals surface area contributed by atoms with E-state index in [1.807, 2.05) is 0 Å². The molecule has 0 saturated carbocycles. The van der Waals surface area contributed by atoms with Crippen LogP contribution in [0.25, 0.3) is 0 Å². The van der Waals surface area contributed by atoms with E-state index in [1.54, 1.807) is 6.92 Å². The van der Waals surface area contributed by atoms with E-state index in [2.05, 4.69) is 10.5 Å². The van der Waals surface area contributed by atoms with Crippen molar-refractivity contribution in [3.8, 4) is 12.5 Å². The highest BCUT2D eigenvalue weighted by Gasteiger charge is 1.82. The molecule has 0 aliphatic heterocycles. The van der Waals surface area contributed by atoms with Crippen LogP contribution in [0.3, 0.4) is 0 Å². The number of carbonyl (C=O) groups excluding carboxylic acids is 1. The van der Waals surface area contributed by atoms with Crippen molar-refractivity contribution in [3.05, 3.63) is 0 Å². The molecular weight excluding hydrogens is 198 g/mol. The first-order chi connectivity index (χ1) is 5.60. The Hall–Kier alpha value is -1.80. The molecule has 0 fully saturated rings. The molecule has 13 heavy (non-hydrogen) atoms. The third-order valence-electron chi connectivity index (χ3n) is 0.287. The van der Waals surface area contributed by atoms with Crippen LogP contribution in [-0.4, -0.2) is 22.9 Å². The van der Waals surface area contributed by atoms with E-state index in [1.165, 1.54) is 0 Å². The largest absolute Gasteiger partial charge is 0.450 e. The van der Waals surface area contributed by atoms with Crippen molar-refractivity contribution in [1.82, 2.24) is 0 Å². The first-order valence-corrected chi connectivity index (χ1v) is 2.59. The summed E-state index contributed by atoms with van der Waals surface area (Å²) in [5.41, 5.74) is 4.54. The number of hydrogen-bond donors (Lipinski definition) is 3. The van der Waals surface area contributed by atoms with E-state index >= 15 is 0 Å². The Labute approximate surface area is 82.4 Å². The molecule has 8 heteroatoms. The van der Waals surface area contributed by atoms with Crippen LogP contribution in [0.15, 0.2) is 0 Å². The van der Waals surface area contributed by atoms with Gasteiger partial charge in [-0.2, -0.15) is 24.0 Å². The lowest BCUT2D eigenvalue weighted by atomic mass is 10.9. The van der Waals surface area contributed by atoms with E-state index in [9.17, 15) is 4.79 Å². The van der Waals surface area contributed by atoms with Crippen LogP contribution in [0, 0.1) is 23.0 Å². The summed E-state index contributed by atoms with van der Waals surface area (Å²) in [6, 6.07) is 0. The molecule has 0 heterocycles. The predicted octanol–water partition coefficient (Wildman–Crippen LogP) is -0.106. The number of ether oxygens (including phenoxy) is 1. The smallest absolute Gasteiger partial charge is 0.404 e. The van der Waals surface area contributed by atoms with Crippen molar-refractivity contribution < 1.29 is 19.7 Å². The molecule has 0 unspecified atom stereocenters. The summed E-state index contributed by atoms with van der Waals surface area (Å²) in [4.78, 5) is 9.60. The minimum absolute atomic E-state index is 0. The Bertz CT molecular complexity index is 162. The minimum atomic E-state index is -0.711. The Morgan fingerprint density at radius 2 is 1.69 bits per heavy atom. The average molecular weight is 209 g/mol. The van der Waals surface area contributed by atoms with Gasteiger partial charge in [-0.3, -0.25) is 0 Å². The number of nitrogens with zero attached hydrogens (tertiary/aromatic N) is 2. The average Bonchev–Trinajstić information content (AvgIpc) is 1.89. The van der Waals surface area contributed by atoms with E-state index < -0.39 is 6.09 Å². The highest BCUT2D eigenvalue weighted by Crippen LogP contribution is 1.66. The number of nitriles is 2. The molecule has 7 nitrogen and oxygen atoms in total. The monoisotopic (exact) mass is 209 g/mol. The van der Waals surface area contributed by atoms with E-state index in [0.29, 0.717) is 6.61 Å². The van der Waals surface area contributed by atoms with E-state index in [0.717, 1.165) is 12.5 Å². The third kappa shape index (κ3) is 476. The summed E-state index contributed by atoms with van der Waals surface area (Å²) in [6.45, 7) is 2.06. The maximum absolute atomic E-state index is 9.60. The van der Waals surface area contributed by atoms with Crippen LogP contribution in [-0.2, 0) is 4.74 Å². The highest BCUT2D eigenvalue weighted by molar-refractivity contribution is 7.59. The van der Waals surface area contributed by atoms with Gasteiger partial charge in [-0.25, -0.2) is 4.79 Å². The second-order valence-corrected chi connectivity index (χ2v) is 0.952. The van der Waals surface area contributed by atoms with Crippen LogP contribution in [0.1, 0.15) is 6.92 Å². The topological polar surface area (TPSA) is 140 Å². The third-order valence-corrected chi connectivity index (χ3v) is 0.287. The normalized spacial score (nSPS) is 4.54. The van der Waals surface area contributed by atoms with Gasteiger partial charge < -0.3 is 20.7 Å². The number of hydrogen-bond acceptors (Lipinski definition) is 6. The molecule has 0 saturated heterocycles. The molecule has 0 radical (unpaired) electrons. The summed E-state index contributed by atoms with van der Waals surface area (Å²) in [5.74, 6) is 0. The van der Waals surface area contributed by atoms with Crippen LogP contribution < -0.4 is 5.73 Å². The molecule has 0 aliphatic rings. The van der Waals surface area contributed by atoms with Gasteiger partial charge in [0.05, 0.1) is 6.61 Å². The molecule has 0 atom stereocenters. The van der Waals surface area contributed by atoms with Crippen LogP contribution >= 0.6 is 13.5 Å². The number of carbonyl (C=O) groups is 1. The molecular formula is C5H11N3O4S. The summed E-state index contributed by atoms with van der Waals surface area (Å²) in [5, 5.41) is 27.5. The van der Waals surface area contributed by atoms with Crippen molar-refractivity contribution in [2.24, 2.45) is 5.73 Å². The number of aliphatic hydroxyl groups is 2. The summed E-state index contributed by atoms with van der Waals surface area (Å²) in [7, 11) is 0.